The van der Waals surface area contributed by atoms with E-state index in [1.807, 2.05) is 17.2 Å². The molecular weight excluding hydrogens is 522 g/mol. The standard InChI is InChI=1S/C36H57NO3Si/c1-11-17-28(8)22-30-23-32(38)34(41(25(2)3,26(4)5)27(6)7)24-37(30)35(39)40-33-21-16-15-20-31(33)36(9,10)29-18-13-12-14-19-29/h11-14,18-19,24-28,30-31,33H,1,15-17,20-23H2,2-10H3/t28-,30-,31-,33-/m0/s1. The third-order valence-corrected chi connectivity index (χ3v) is 17.6. The van der Waals surface area contributed by atoms with Crippen molar-refractivity contribution in [2.75, 3.05) is 0 Å². The molecule has 1 heterocycles. The highest BCUT2D eigenvalue weighted by molar-refractivity contribution is 6.93. The molecule has 0 aromatic heterocycles. The quantitative estimate of drug-likeness (QED) is 0.194. The van der Waals surface area contributed by atoms with Crippen LogP contribution in [0.2, 0.25) is 16.6 Å². The molecule has 2 aliphatic rings. The zero-order valence-corrected chi connectivity index (χ0v) is 28.4. The molecule has 0 N–H and O–H groups in total. The molecule has 3 rings (SSSR count). The summed E-state index contributed by atoms with van der Waals surface area (Å²) in [7, 11) is -2.26. The van der Waals surface area contributed by atoms with Crippen molar-refractivity contribution in [3.63, 3.8) is 0 Å². The Kier molecular flexibility index (Phi) is 11.3. The molecule has 5 heteroatoms. The lowest BCUT2D eigenvalue weighted by molar-refractivity contribution is -0.117. The molecule has 0 radical (unpaired) electrons. The van der Waals surface area contributed by atoms with E-state index in [0.717, 1.165) is 43.7 Å². The Morgan fingerprint density at radius 1 is 1.02 bits per heavy atom. The zero-order chi connectivity index (χ0) is 30.5. The number of rotatable bonds is 11. The zero-order valence-electron chi connectivity index (χ0n) is 27.4. The Morgan fingerprint density at radius 3 is 2.17 bits per heavy atom. The molecule has 1 saturated carbocycles. The molecule has 228 valence electrons. The normalized spacial score (nSPS) is 23.1. The highest BCUT2D eigenvalue weighted by atomic mass is 28.3. The van der Waals surface area contributed by atoms with Gasteiger partial charge in [-0.25, -0.2) is 4.79 Å². The van der Waals surface area contributed by atoms with Gasteiger partial charge in [-0.15, -0.1) is 6.58 Å². The number of nitrogens with zero attached hydrogens (tertiary/aromatic N) is 1. The van der Waals surface area contributed by atoms with Gasteiger partial charge in [-0.05, 0) is 70.8 Å². The van der Waals surface area contributed by atoms with Crippen LogP contribution in [-0.2, 0) is 14.9 Å². The fourth-order valence-electron chi connectivity index (χ4n) is 8.60. The second kappa shape index (κ2) is 13.9. The number of ether oxygens (including phenoxy) is 1. The minimum absolute atomic E-state index is 0.113. The summed E-state index contributed by atoms with van der Waals surface area (Å²) in [5, 5.41) is 0.937. The van der Waals surface area contributed by atoms with Crippen LogP contribution in [0.4, 0.5) is 4.79 Å². The van der Waals surface area contributed by atoms with Gasteiger partial charge in [0.15, 0.2) is 5.78 Å². The van der Waals surface area contributed by atoms with Gasteiger partial charge in [-0.1, -0.05) is 105 Å². The number of carbonyl (C=O) groups is 2. The van der Waals surface area contributed by atoms with Gasteiger partial charge in [-0.2, -0.15) is 0 Å². The Morgan fingerprint density at radius 2 is 1.61 bits per heavy atom. The van der Waals surface area contributed by atoms with E-state index in [0.29, 0.717) is 29.0 Å². The first-order valence-corrected chi connectivity index (χ1v) is 18.4. The van der Waals surface area contributed by atoms with Gasteiger partial charge in [-0.3, -0.25) is 9.69 Å². The Hall–Kier alpha value is -2.14. The lowest BCUT2D eigenvalue weighted by Gasteiger charge is -2.47. The van der Waals surface area contributed by atoms with Crippen molar-refractivity contribution < 1.29 is 14.3 Å². The van der Waals surface area contributed by atoms with Crippen LogP contribution in [0.25, 0.3) is 0 Å². The summed E-state index contributed by atoms with van der Waals surface area (Å²) in [5.41, 5.74) is 2.35. The summed E-state index contributed by atoms with van der Waals surface area (Å²) in [5.74, 6) is 0.816. The van der Waals surface area contributed by atoms with E-state index in [4.69, 9.17) is 4.74 Å². The minimum atomic E-state index is -2.26. The molecule has 1 aromatic rings. The number of benzene rings is 1. The van der Waals surface area contributed by atoms with E-state index in [1.165, 1.54) is 5.56 Å². The molecule has 0 spiro atoms. The number of ketones is 1. The topological polar surface area (TPSA) is 46.6 Å². The van der Waals surface area contributed by atoms with Crippen LogP contribution in [0, 0.1) is 11.8 Å². The monoisotopic (exact) mass is 579 g/mol. The van der Waals surface area contributed by atoms with Crippen LogP contribution in [0.15, 0.2) is 54.4 Å². The molecule has 1 aliphatic heterocycles. The molecular formula is C36H57NO3Si. The fourth-order valence-corrected chi connectivity index (χ4v) is 15.4. The number of amides is 1. The maximum absolute atomic E-state index is 14.3. The van der Waals surface area contributed by atoms with Crippen LogP contribution in [0.3, 0.4) is 0 Å². The highest BCUT2D eigenvalue weighted by Crippen LogP contribution is 2.49. The van der Waals surface area contributed by atoms with E-state index in [9.17, 15) is 9.59 Å². The van der Waals surface area contributed by atoms with E-state index in [1.54, 1.807) is 0 Å². The summed E-state index contributed by atoms with van der Waals surface area (Å²) in [6.07, 6.45) is 9.67. The lowest BCUT2D eigenvalue weighted by atomic mass is 9.66. The molecule has 0 unspecified atom stereocenters. The summed E-state index contributed by atoms with van der Waals surface area (Å²) < 4.78 is 6.53. The van der Waals surface area contributed by atoms with Gasteiger partial charge >= 0.3 is 6.09 Å². The first kappa shape index (κ1) is 33.4. The Balaban J connectivity index is 2.02. The number of allylic oxidation sites excluding steroid dienone is 2. The van der Waals surface area contributed by atoms with E-state index in [-0.39, 0.29) is 35.4 Å². The van der Waals surface area contributed by atoms with Crippen molar-refractivity contribution in [2.45, 2.75) is 141 Å². The SMILES string of the molecule is C=CC[C@H](C)C[C@H]1CC(=O)C([Si](C(C)C)(C(C)C)C(C)C)=CN1C(=O)O[C@H]1CCCC[C@@H]1C(C)(C)c1ccccc1. The molecule has 4 nitrogen and oxygen atoms in total. The van der Waals surface area contributed by atoms with Gasteiger partial charge in [0, 0.05) is 24.6 Å². The van der Waals surface area contributed by atoms with Gasteiger partial charge in [0.1, 0.15) is 14.2 Å². The average Bonchev–Trinajstić information content (AvgIpc) is 2.90. The van der Waals surface area contributed by atoms with Crippen LogP contribution in [0.5, 0.6) is 0 Å². The average molecular weight is 580 g/mol. The molecule has 1 amide bonds. The number of hydrogen-bond donors (Lipinski definition) is 0. The number of hydrogen-bond acceptors (Lipinski definition) is 3. The molecule has 4 atom stereocenters. The predicted octanol–water partition coefficient (Wildman–Crippen LogP) is 10.0. The van der Waals surface area contributed by atoms with Crippen LogP contribution in [0.1, 0.15) is 113 Å². The van der Waals surface area contributed by atoms with Crippen molar-refractivity contribution in [3.05, 3.63) is 59.9 Å². The third-order valence-electron chi connectivity index (χ3n) is 10.6. The molecule has 0 bridgehead atoms. The maximum Gasteiger partial charge on any atom is 0.414 e. The fraction of sp³-hybridized carbons (Fsp3) is 0.667. The maximum atomic E-state index is 14.3. The molecule has 41 heavy (non-hydrogen) atoms. The lowest BCUT2D eigenvalue weighted by Crippen LogP contribution is -2.54. The van der Waals surface area contributed by atoms with Crippen molar-refractivity contribution in [1.29, 1.82) is 0 Å². The number of carbonyl (C=O) groups excluding carboxylic acids is 2. The second-order valence-electron chi connectivity index (χ2n) is 14.4. The highest BCUT2D eigenvalue weighted by Gasteiger charge is 2.51. The van der Waals surface area contributed by atoms with Crippen molar-refractivity contribution in [3.8, 4) is 0 Å². The van der Waals surface area contributed by atoms with Crippen LogP contribution < -0.4 is 0 Å². The molecule has 1 aromatic carbocycles. The summed E-state index contributed by atoms with van der Waals surface area (Å²) in [6, 6.07) is 10.5. The van der Waals surface area contributed by atoms with Gasteiger partial charge in [0.05, 0.1) is 0 Å². The number of Topliss-reactive ketones (excluding diaryl/α,β-unsaturated/α-hetero) is 1. The first-order valence-electron chi connectivity index (χ1n) is 16.2. The second-order valence-corrected chi connectivity index (χ2v) is 20.3. The third kappa shape index (κ3) is 6.92. The molecule has 0 saturated heterocycles. The summed E-state index contributed by atoms with van der Waals surface area (Å²) >= 11 is 0. The Bertz CT molecular complexity index is 1050. The van der Waals surface area contributed by atoms with E-state index in [2.05, 4.69) is 99.2 Å². The summed E-state index contributed by atoms with van der Waals surface area (Å²) in [6.45, 7) is 24.4. The van der Waals surface area contributed by atoms with Crippen molar-refractivity contribution >= 4 is 20.0 Å². The Labute approximate surface area is 252 Å². The van der Waals surface area contributed by atoms with Crippen LogP contribution >= 0.6 is 0 Å². The van der Waals surface area contributed by atoms with Gasteiger partial charge in [0.2, 0.25) is 0 Å². The minimum Gasteiger partial charge on any atom is -0.446 e. The first-order chi connectivity index (χ1) is 19.3. The van der Waals surface area contributed by atoms with Gasteiger partial charge < -0.3 is 4.74 Å². The smallest absolute Gasteiger partial charge is 0.414 e. The predicted molar refractivity (Wildman–Crippen MR) is 175 cm³/mol. The molecule has 1 fully saturated rings. The van der Waals surface area contributed by atoms with Gasteiger partial charge in [0.25, 0.3) is 0 Å². The largest absolute Gasteiger partial charge is 0.446 e. The van der Waals surface area contributed by atoms with E-state index >= 15 is 0 Å². The van der Waals surface area contributed by atoms with Crippen molar-refractivity contribution in [1.82, 2.24) is 4.90 Å². The van der Waals surface area contributed by atoms with Crippen LogP contribution in [-0.4, -0.2) is 37.0 Å². The van der Waals surface area contributed by atoms with Crippen molar-refractivity contribution in [2.24, 2.45) is 11.8 Å². The molecule has 1 aliphatic carbocycles. The van der Waals surface area contributed by atoms with E-state index < -0.39 is 8.07 Å². The summed E-state index contributed by atoms with van der Waals surface area (Å²) in [4.78, 5) is 30.1.